The molecule has 162 valence electrons. The fraction of sp³-hybridized carbons (Fsp3) is 0.304. The summed E-state index contributed by atoms with van der Waals surface area (Å²) in [5.41, 5.74) is 3.29. The predicted octanol–water partition coefficient (Wildman–Crippen LogP) is 4.62. The van der Waals surface area contributed by atoms with Crippen LogP contribution >= 0.6 is 11.8 Å². The maximum absolute atomic E-state index is 12.9. The van der Waals surface area contributed by atoms with Gasteiger partial charge in [-0.05, 0) is 55.7 Å². The average Bonchev–Trinajstić information content (AvgIpc) is 3.17. The number of aryl methyl sites for hydroxylation is 2. The molecule has 2 heterocycles. The highest BCUT2D eigenvalue weighted by molar-refractivity contribution is 7.98. The van der Waals surface area contributed by atoms with Gasteiger partial charge in [0.25, 0.3) is 11.8 Å². The van der Waals surface area contributed by atoms with E-state index in [1.54, 1.807) is 36.5 Å². The minimum absolute atomic E-state index is 0.122. The van der Waals surface area contributed by atoms with Crippen LogP contribution in [0.5, 0.6) is 0 Å². The van der Waals surface area contributed by atoms with E-state index in [4.69, 9.17) is 4.52 Å². The third-order valence-electron chi connectivity index (χ3n) is 4.46. The van der Waals surface area contributed by atoms with Gasteiger partial charge in [-0.3, -0.25) is 9.59 Å². The number of pyridine rings is 1. The highest BCUT2D eigenvalue weighted by Gasteiger charge is 2.16. The van der Waals surface area contributed by atoms with Gasteiger partial charge in [0, 0.05) is 35.8 Å². The van der Waals surface area contributed by atoms with E-state index in [9.17, 15) is 9.59 Å². The van der Waals surface area contributed by atoms with Crippen LogP contribution in [0.3, 0.4) is 0 Å². The van der Waals surface area contributed by atoms with Crippen molar-refractivity contribution in [2.45, 2.75) is 38.5 Å². The second kappa shape index (κ2) is 10.3. The molecule has 7 nitrogen and oxygen atoms in total. The normalized spacial score (nSPS) is 10.9. The van der Waals surface area contributed by atoms with Gasteiger partial charge in [-0.25, -0.2) is 4.98 Å². The number of hydrogen-bond donors (Lipinski definition) is 2. The topological polar surface area (TPSA) is 97.1 Å². The Balaban J connectivity index is 1.69. The van der Waals surface area contributed by atoms with E-state index in [1.165, 1.54) is 11.8 Å². The zero-order chi connectivity index (χ0) is 22.4. The van der Waals surface area contributed by atoms with Gasteiger partial charge in [-0.2, -0.15) is 0 Å². The maximum Gasteiger partial charge on any atom is 0.258 e. The average molecular weight is 439 g/mol. The summed E-state index contributed by atoms with van der Waals surface area (Å²) in [4.78, 5) is 29.5. The highest BCUT2D eigenvalue weighted by atomic mass is 32.2. The van der Waals surface area contributed by atoms with E-state index >= 15 is 0 Å². The zero-order valence-corrected chi connectivity index (χ0v) is 18.9. The summed E-state index contributed by atoms with van der Waals surface area (Å²) in [6.07, 6.45) is 1.66. The number of carbonyl (C=O) groups excluding carboxylic acids is 2. The molecule has 1 aromatic carbocycles. The Hall–Kier alpha value is -3.13. The fourth-order valence-electron chi connectivity index (χ4n) is 2.84. The van der Waals surface area contributed by atoms with Crippen LogP contribution in [0.1, 0.15) is 51.6 Å². The molecule has 3 aromatic rings. The molecule has 31 heavy (non-hydrogen) atoms. The monoisotopic (exact) mass is 438 g/mol. The van der Waals surface area contributed by atoms with Gasteiger partial charge in [0.2, 0.25) is 0 Å². The number of thioether (sulfide) groups is 1. The molecule has 0 radical (unpaired) electrons. The summed E-state index contributed by atoms with van der Waals surface area (Å²) in [5, 5.41) is 10.4. The summed E-state index contributed by atoms with van der Waals surface area (Å²) < 4.78 is 5.08. The molecular formula is C23H26N4O3S. The van der Waals surface area contributed by atoms with E-state index in [-0.39, 0.29) is 11.8 Å². The number of rotatable bonds is 8. The second-order valence-corrected chi connectivity index (χ2v) is 8.63. The van der Waals surface area contributed by atoms with Crippen LogP contribution in [0.15, 0.2) is 52.1 Å². The Morgan fingerprint density at radius 3 is 2.61 bits per heavy atom. The number of amides is 2. The molecule has 0 bridgehead atoms. The van der Waals surface area contributed by atoms with Crippen LogP contribution in [-0.2, 0) is 5.75 Å². The lowest BCUT2D eigenvalue weighted by atomic mass is 10.1. The van der Waals surface area contributed by atoms with Gasteiger partial charge >= 0.3 is 0 Å². The van der Waals surface area contributed by atoms with Crippen LogP contribution in [0.25, 0.3) is 0 Å². The summed E-state index contributed by atoms with van der Waals surface area (Å²) in [6, 6.07) is 10.6. The number of carbonyl (C=O) groups is 2. The maximum atomic E-state index is 12.9. The van der Waals surface area contributed by atoms with Gasteiger partial charge in [0.15, 0.2) is 0 Å². The van der Waals surface area contributed by atoms with Gasteiger partial charge in [-0.1, -0.05) is 30.8 Å². The third-order valence-corrected chi connectivity index (χ3v) is 5.50. The van der Waals surface area contributed by atoms with Crippen molar-refractivity contribution in [1.29, 1.82) is 0 Å². The van der Waals surface area contributed by atoms with Crippen molar-refractivity contribution < 1.29 is 14.1 Å². The first-order valence-electron chi connectivity index (χ1n) is 10.0. The first-order valence-corrected chi connectivity index (χ1v) is 11.0. The molecule has 3 rings (SSSR count). The molecule has 0 saturated carbocycles. The molecule has 0 unspecified atom stereocenters. The SMILES string of the molecule is Cc1cc(CSc2ncccc2C(=O)Nc2ccc(C(=O)NCC(C)C)cc2C)no1. The number of nitrogens with one attached hydrogen (secondary N) is 2. The van der Waals surface area contributed by atoms with Crippen molar-refractivity contribution in [3.63, 3.8) is 0 Å². The van der Waals surface area contributed by atoms with Gasteiger partial charge in [-0.15, -0.1) is 0 Å². The van der Waals surface area contributed by atoms with Crippen LogP contribution in [0.2, 0.25) is 0 Å². The minimum atomic E-state index is -0.257. The standard InChI is InChI=1S/C23H26N4O3S/c1-14(2)12-25-21(28)17-7-8-20(15(3)10-17)26-22(29)19-6-5-9-24-23(19)31-13-18-11-16(4)30-27-18/h5-11,14H,12-13H2,1-4H3,(H,25,28)(H,26,29). The van der Waals surface area contributed by atoms with Crippen LogP contribution in [-0.4, -0.2) is 28.5 Å². The number of hydrogen-bond acceptors (Lipinski definition) is 6. The Morgan fingerprint density at radius 1 is 1.13 bits per heavy atom. The largest absolute Gasteiger partial charge is 0.361 e. The Labute approximate surface area is 186 Å². The Bertz CT molecular complexity index is 1080. The van der Waals surface area contributed by atoms with Crippen molar-refractivity contribution in [2.24, 2.45) is 5.92 Å². The highest BCUT2D eigenvalue weighted by Crippen LogP contribution is 2.25. The molecule has 0 atom stereocenters. The molecular weight excluding hydrogens is 412 g/mol. The van der Waals surface area contributed by atoms with E-state index in [0.717, 1.165) is 17.0 Å². The smallest absolute Gasteiger partial charge is 0.258 e. The van der Waals surface area contributed by atoms with Crippen LogP contribution in [0, 0.1) is 19.8 Å². The molecule has 8 heteroatoms. The number of benzene rings is 1. The zero-order valence-electron chi connectivity index (χ0n) is 18.1. The summed E-state index contributed by atoms with van der Waals surface area (Å²) in [5.74, 6) is 1.29. The molecule has 0 aliphatic rings. The summed E-state index contributed by atoms with van der Waals surface area (Å²) in [6.45, 7) is 8.40. The molecule has 0 spiro atoms. The Kier molecular flexibility index (Phi) is 7.46. The number of anilines is 1. The lowest BCUT2D eigenvalue weighted by Gasteiger charge is -2.12. The van der Waals surface area contributed by atoms with E-state index in [0.29, 0.717) is 40.1 Å². The number of nitrogens with zero attached hydrogens (tertiary/aromatic N) is 2. The van der Waals surface area contributed by atoms with E-state index in [2.05, 4.69) is 20.8 Å². The summed E-state index contributed by atoms with van der Waals surface area (Å²) in [7, 11) is 0. The molecule has 2 aromatic heterocycles. The predicted molar refractivity (Wildman–Crippen MR) is 121 cm³/mol. The molecule has 0 saturated heterocycles. The Morgan fingerprint density at radius 2 is 1.94 bits per heavy atom. The van der Waals surface area contributed by atoms with Gasteiger partial charge < -0.3 is 15.2 Å². The molecule has 0 aliphatic heterocycles. The lowest BCUT2D eigenvalue weighted by molar-refractivity contribution is 0.0948. The third kappa shape index (κ3) is 6.18. The first-order chi connectivity index (χ1) is 14.8. The van der Waals surface area contributed by atoms with Crippen molar-refractivity contribution in [2.75, 3.05) is 11.9 Å². The fourth-order valence-corrected chi connectivity index (χ4v) is 3.71. The van der Waals surface area contributed by atoms with Gasteiger partial charge in [0.05, 0.1) is 11.3 Å². The van der Waals surface area contributed by atoms with Crippen molar-refractivity contribution in [3.8, 4) is 0 Å². The van der Waals surface area contributed by atoms with E-state index < -0.39 is 0 Å². The lowest BCUT2D eigenvalue weighted by Crippen LogP contribution is -2.27. The second-order valence-electron chi connectivity index (χ2n) is 7.66. The molecule has 2 amide bonds. The first kappa shape index (κ1) is 22.6. The van der Waals surface area contributed by atoms with Crippen LogP contribution in [0.4, 0.5) is 5.69 Å². The quantitative estimate of drug-likeness (QED) is 0.498. The summed E-state index contributed by atoms with van der Waals surface area (Å²) >= 11 is 1.42. The van der Waals surface area contributed by atoms with E-state index in [1.807, 2.05) is 33.8 Å². The van der Waals surface area contributed by atoms with Crippen molar-refractivity contribution in [3.05, 3.63) is 70.7 Å². The molecule has 0 aliphatic carbocycles. The minimum Gasteiger partial charge on any atom is -0.361 e. The van der Waals surface area contributed by atoms with Gasteiger partial charge in [0.1, 0.15) is 10.8 Å². The van der Waals surface area contributed by atoms with Crippen molar-refractivity contribution in [1.82, 2.24) is 15.5 Å². The molecule has 2 N–H and O–H groups in total. The van der Waals surface area contributed by atoms with Crippen LogP contribution < -0.4 is 10.6 Å². The number of aromatic nitrogens is 2. The molecule has 0 fully saturated rings. The van der Waals surface area contributed by atoms with Crippen molar-refractivity contribution >= 4 is 29.3 Å².